The minimum atomic E-state index is -0.548. The number of hydrogen-bond acceptors (Lipinski definition) is 5. The van der Waals surface area contributed by atoms with Gasteiger partial charge in [-0.3, -0.25) is 14.9 Å². The first-order valence-electron chi connectivity index (χ1n) is 7.45. The molecule has 8 heteroatoms. The SMILES string of the molecule is CC(c1nc2ccccc2s1)N(C)C(=O)c1ccc([N+](=O)[O-])cc1Cl. The van der Waals surface area contributed by atoms with Gasteiger partial charge in [0, 0.05) is 19.2 Å². The quantitative estimate of drug-likeness (QED) is 0.489. The molecule has 128 valence electrons. The lowest BCUT2D eigenvalue weighted by atomic mass is 10.1. The minimum Gasteiger partial charge on any atom is -0.332 e. The third-order valence-corrected chi connectivity index (χ3v) is 5.48. The van der Waals surface area contributed by atoms with Gasteiger partial charge in [-0.15, -0.1) is 11.3 Å². The maximum absolute atomic E-state index is 12.7. The molecule has 0 fully saturated rings. The number of non-ortho nitro benzene ring substituents is 1. The van der Waals surface area contributed by atoms with Crippen molar-refractivity contribution in [1.82, 2.24) is 9.88 Å². The van der Waals surface area contributed by atoms with Gasteiger partial charge in [-0.1, -0.05) is 23.7 Å². The fourth-order valence-electron chi connectivity index (χ4n) is 2.39. The number of benzene rings is 2. The second-order valence-corrected chi connectivity index (χ2v) is 7.00. The number of nitro benzene ring substituents is 1. The first-order valence-corrected chi connectivity index (χ1v) is 8.64. The Labute approximate surface area is 152 Å². The van der Waals surface area contributed by atoms with Crippen molar-refractivity contribution in [2.75, 3.05) is 7.05 Å². The summed E-state index contributed by atoms with van der Waals surface area (Å²) in [5, 5.41) is 11.7. The molecule has 1 amide bonds. The summed E-state index contributed by atoms with van der Waals surface area (Å²) in [6.45, 7) is 1.88. The predicted octanol–water partition coefficient (Wildman–Crippen LogP) is 4.69. The molecule has 0 bridgehead atoms. The summed E-state index contributed by atoms with van der Waals surface area (Å²) >= 11 is 7.59. The zero-order valence-electron chi connectivity index (χ0n) is 13.5. The van der Waals surface area contributed by atoms with E-state index in [1.807, 2.05) is 31.2 Å². The molecule has 0 aliphatic carbocycles. The van der Waals surface area contributed by atoms with Crippen molar-refractivity contribution in [2.24, 2.45) is 0 Å². The average molecular weight is 376 g/mol. The van der Waals surface area contributed by atoms with E-state index in [0.29, 0.717) is 0 Å². The molecule has 0 aliphatic heterocycles. The summed E-state index contributed by atoms with van der Waals surface area (Å²) < 4.78 is 1.05. The molecular formula is C17H14ClN3O3S. The van der Waals surface area contributed by atoms with Crippen LogP contribution in [0.5, 0.6) is 0 Å². The number of aromatic nitrogens is 1. The number of nitrogens with zero attached hydrogens (tertiary/aromatic N) is 3. The highest BCUT2D eigenvalue weighted by molar-refractivity contribution is 7.18. The van der Waals surface area contributed by atoms with Gasteiger partial charge in [0.15, 0.2) is 0 Å². The van der Waals surface area contributed by atoms with Crippen LogP contribution in [0.3, 0.4) is 0 Å². The Morgan fingerprint density at radius 3 is 2.68 bits per heavy atom. The van der Waals surface area contributed by atoms with E-state index in [2.05, 4.69) is 4.98 Å². The van der Waals surface area contributed by atoms with Crippen LogP contribution in [-0.2, 0) is 0 Å². The third-order valence-electron chi connectivity index (χ3n) is 3.96. The molecule has 1 unspecified atom stereocenters. The second kappa shape index (κ2) is 6.78. The van der Waals surface area contributed by atoms with E-state index >= 15 is 0 Å². The van der Waals surface area contributed by atoms with E-state index in [0.717, 1.165) is 15.2 Å². The molecule has 25 heavy (non-hydrogen) atoms. The van der Waals surface area contributed by atoms with Crippen LogP contribution >= 0.6 is 22.9 Å². The van der Waals surface area contributed by atoms with Gasteiger partial charge in [-0.05, 0) is 25.1 Å². The molecule has 0 radical (unpaired) electrons. The number of hydrogen-bond donors (Lipinski definition) is 0. The van der Waals surface area contributed by atoms with Crippen molar-refractivity contribution >= 4 is 44.7 Å². The van der Waals surface area contributed by atoms with Crippen molar-refractivity contribution in [3.05, 3.63) is 68.2 Å². The van der Waals surface area contributed by atoms with E-state index in [9.17, 15) is 14.9 Å². The van der Waals surface area contributed by atoms with Gasteiger partial charge >= 0.3 is 0 Å². The molecule has 2 aromatic carbocycles. The molecule has 0 aliphatic rings. The highest BCUT2D eigenvalue weighted by Crippen LogP contribution is 2.31. The fraction of sp³-hybridized carbons (Fsp3) is 0.176. The summed E-state index contributed by atoms with van der Waals surface area (Å²) in [6.07, 6.45) is 0. The molecule has 0 saturated carbocycles. The monoisotopic (exact) mass is 375 g/mol. The Hall–Kier alpha value is -2.51. The van der Waals surface area contributed by atoms with Crippen molar-refractivity contribution < 1.29 is 9.72 Å². The number of amides is 1. The first-order chi connectivity index (χ1) is 11.9. The zero-order valence-corrected chi connectivity index (χ0v) is 15.0. The number of thiazole rings is 1. The van der Waals surface area contributed by atoms with Crippen LogP contribution in [0, 0.1) is 10.1 Å². The molecule has 1 atom stereocenters. The van der Waals surface area contributed by atoms with Gasteiger partial charge < -0.3 is 4.90 Å². The van der Waals surface area contributed by atoms with Crippen LogP contribution in [0.25, 0.3) is 10.2 Å². The summed E-state index contributed by atoms with van der Waals surface area (Å²) in [4.78, 5) is 29.1. The van der Waals surface area contributed by atoms with Crippen LogP contribution < -0.4 is 0 Å². The lowest BCUT2D eigenvalue weighted by molar-refractivity contribution is -0.384. The summed E-state index contributed by atoms with van der Waals surface area (Å²) in [5.74, 6) is -0.313. The predicted molar refractivity (Wildman–Crippen MR) is 98.2 cm³/mol. The lowest BCUT2D eigenvalue weighted by Crippen LogP contribution is -2.29. The van der Waals surface area contributed by atoms with Gasteiger partial charge in [0.1, 0.15) is 5.01 Å². The largest absolute Gasteiger partial charge is 0.332 e. The molecule has 1 heterocycles. The van der Waals surface area contributed by atoms with Gasteiger partial charge in [0.2, 0.25) is 0 Å². The number of para-hydroxylation sites is 1. The smallest absolute Gasteiger partial charge is 0.270 e. The topological polar surface area (TPSA) is 76.3 Å². The third kappa shape index (κ3) is 3.33. The number of fused-ring (bicyclic) bond motifs is 1. The fourth-order valence-corrected chi connectivity index (χ4v) is 3.71. The zero-order chi connectivity index (χ0) is 18.1. The van der Waals surface area contributed by atoms with Crippen LogP contribution in [-0.4, -0.2) is 27.8 Å². The second-order valence-electron chi connectivity index (χ2n) is 5.53. The molecule has 0 N–H and O–H groups in total. The summed E-state index contributed by atoms with van der Waals surface area (Å²) in [7, 11) is 1.66. The maximum atomic E-state index is 12.7. The van der Waals surface area contributed by atoms with Crippen molar-refractivity contribution in [3.63, 3.8) is 0 Å². The number of rotatable bonds is 4. The first kappa shape index (κ1) is 17.3. The molecule has 3 aromatic rings. The average Bonchev–Trinajstić information content (AvgIpc) is 3.03. The highest BCUT2D eigenvalue weighted by Gasteiger charge is 2.24. The number of nitro groups is 1. The van der Waals surface area contributed by atoms with Crippen LogP contribution in [0.15, 0.2) is 42.5 Å². The van der Waals surface area contributed by atoms with E-state index < -0.39 is 4.92 Å². The van der Waals surface area contributed by atoms with Gasteiger partial charge in [-0.25, -0.2) is 4.98 Å². The minimum absolute atomic E-state index is 0.0579. The molecule has 6 nitrogen and oxygen atoms in total. The molecular weight excluding hydrogens is 362 g/mol. The van der Waals surface area contributed by atoms with E-state index in [1.54, 1.807) is 7.05 Å². The Bertz CT molecular complexity index is 940. The van der Waals surface area contributed by atoms with E-state index in [1.165, 1.54) is 34.4 Å². The Morgan fingerprint density at radius 1 is 1.32 bits per heavy atom. The normalized spacial score (nSPS) is 12.1. The Morgan fingerprint density at radius 2 is 2.04 bits per heavy atom. The molecule has 0 spiro atoms. The summed E-state index contributed by atoms with van der Waals surface area (Å²) in [6, 6.07) is 11.4. The lowest BCUT2D eigenvalue weighted by Gasteiger charge is -2.23. The maximum Gasteiger partial charge on any atom is 0.270 e. The van der Waals surface area contributed by atoms with Crippen LogP contribution in [0.2, 0.25) is 5.02 Å². The van der Waals surface area contributed by atoms with Gasteiger partial charge in [-0.2, -0.15) is 0 Å². The molecule has 0 saturated heterocycles. The van der Waals surface area contributed by atoms with Crippen molar-refractivity contribution in [2.45, 2.75) is 13.0 Å². The van der Waals surface area contributed by atoms with Gasteiger partial charge in [0.25, 0.3) is 11.6 Å². The van der Waals surface area contributed by atoms with Crippen molar-refractivity contribution in [1.29, 1.82) is 0 Å². The van der Waals surface area contributed by atoms with Crippen molar-refractivity contribution in [3.8, 4) is 0 Å². The highest BCUT2D eigenvalue weighted by atomic mass is 35.5. The van der Waals surface area contributed by atoms with Crippen LogP contribution in [0.4, 0.5) is 5.69 Å². The standard InChI is InChI=1S/C17H14ClN3O3S/c1-10(16-19-14-5-3-4-6-15(14)25-16)20(2)17(22)12-8-7-11(21(23)24)9-13(12)18/h3-10H,1-2H3. The van der Waals surface area contributed by atoms with E-state index in [-0.39, 0.29) is 28.2 Å². The Kier molecular flexibility index (Phi) is 4.69. The molecule has 3 rings (SSSR count). The molecule has 1 aromatic heterocycles. The Balaban J connectivity index is 1.87. The van der Waals surface area contributed by atoms with Crippen LogP contribution in [0.1, 0.15) is 28.3 Å². The number of halogens is 1. The number of carbonyl (C=O) groups excluding carboxylic acids is 1. The van der Waals surface area contributed by atoms with E-state index in [4.69, 9.17) is 11.6 Å². The van der Waals surface area contributed by atoms with Gasteiger partial charge in [0.05, 0.1) is 31.8 Å². The number of carbonyl (C=O) groups is 1. The summed E-state index contributed by atoms with van der Waals surface area (Å²) in [5.41, 5.74) is 0.967.